The number of anilines is 1. The van der Waals surface area contributed by atoms with Gasteiger partial charge >= 0.3 is 0 Å². The minimum absolute atomic E-state index is 0.127. The number of amides is 1. The maximum absolute atomic E-state index is 12.8. The minimum atomic E-state index is -0.153. The van der Waals surface area contributed by atoms with Gasteiger partial charge in [-0.2, -0.15) is 0 Å². The molecule has 1 N–H and O–H groups in total. The molecule has 3 aromatic rings. The molecule has 0 fully saturated rings. The first-order chi connectivity index (χ1) is 11.3. The monoisotopic (exact) mass is 385 g/mol. The molecule has 1 aromatic carbocycles. The van der Waals surface area contributed by atoms with E-state index in [0.717, 1.165) is 26.8 Å². The van der Waals surface area contributed by atoms with Crippen LogP contribution in [0.4, 0.5) is 5.69 Å². The molecule has 0 aliphatic rings. The van der Waals surface area contributed by atoms with Gasteiger partial charge in [0.25, 0.3) is 5.91 Å². The average Bonchev–Trinajstić information content (AvgIpc) is 2.91. The highest BCUT2D eigenvalue weighted by Crippen LogP contribution is 2.27. The fraction of sp³-hybridized carbons (Fsp3) is 0.263. The summed E-state index contributed by atoms with van der Waals surface area (Å²) in [6.07, 6.45) is 3.64. The van der Waals surface area contributed by atoms with Gasteiger partial charge < -0.3 is 9.88 Å². The molecule has 124 valence electrons. The summed E-state index contributed by atoms with van der Waals surface area (Å²) in [4.78, 5) is 17.3. The van der Waals surface area contributed by atoms with Gasteiger partial charge in [0.05, 0.1) is 5.56 Å². The lowest BCUT2D eigenvalue weighted by Crippen LogP contribution is -2.21. The molecule has 1 amide bonds. The van der Waals surface area contributed by atoms with Gasteiger partial charge in [0, 0.05) is 33.5 Å². The van der Waals surface area contributed by atoms with Crippen molar-refractivity contribution in [2.24, 2.45) is 0 Å². The summed E-state index contributed by atoms with van der Waals surface area (Å²) in [5.41, 5.74) is 3.16. The van der Waals surface area contributed by atoms with Crippen LogP contribution in [-0.4, -0.2) is 15.5 Å². The van der Waals surface area contributed by atoms with Gasteiger partial charge in [0.2, 0.25) is 0 Å². The van der Waals surface area contributed by atoms with Gasteiger partial charge in [-0.1, -0.05) is 15.9 Å². The Hall–Kier alpha value is -2.14. The molecular weight excluding hydrogens is 366 g/mol. The SMILES string of the molecule is Cc1cc(NC(=O)c2cn(C(C)(C)C)c3ncccc23)ccc1Br. The van der Waals surface area contributed by atoms with E-state index in [1.807, 2.05) is 48.0 Å². The maximum atomic E-state index is 12.8. The van der Waals surface area contributed by atoms with Crippen LogP contribution < -0.4 is 5.32 Å². The molecule has 0 atom stereocenters. The van der Waals surface area contributed by atoms with E-state index in [2.05, 4.69) is 47.0 Å². The summed E-state index contributed by atoms with van der Waals surface area (Å²) >= 11 is 3.47. The number of nitrogens with one attached hydrogen (secondary N) is 1. The molecule has 0 unspecified atom stereocenters. The Morgan fingerprint density at radius 3 is 2.67 bits per heavy atom. The first-order valence-electron chi connectivity index (χ1n) is 7.81. The second-order valence-electron chi connectivity index (χ2n) is 6.88. The minimum Gasteiger partial charge on any atom is -0.326 e. The molecule has 0 spiro atoms. The number of rotatable bonds is 2. The van der Waals surface area contributed by atoms with E-state index in [4.69, 9.17) is 0 Å². The van der Waals surface area contributed by atoms with E-state index in [0.29, 0.717) is 5.56 Å². The summed E-state index contributed by atoms with van der Waals surface area (Å²) < 4.78 is 3.07. The third-order valence-electron chi connectivity index (χ3n) is 3.95. The van der Waals surface area contributed by atoms with Crippen LogP contribution in [0.2, 0.25) is 0 Å². The molecule has 4 nitrogen and oxygen atoms in total. The van der Waals surface area contributed by atoms with Crippen LogP contribution in [0.15, 0.2) is 47.2 Å². The van der Waals surface area contributed by atoms with Crippen LogP contribution in [0.1, 0.15) is 36.7 Å². The van der Waals surface area contributed by atoms with Crippen molar-refractivity contribution in [3.63, 3.8) is 0 Å². The fourth-order valence-corrected chi connectivity index (χ4v) is 2.92. The molecule has 0 radical (unpaired) electrons. The Morgan fingerprint density at radius 2 is 2.00 bits per heavy atom. The summed E-state index contributed by atoms with van der Waals surface area (Å²) in [6, 6.07) is 9.56. The predicted molar refractivity (Wildman–Crippen MR) is 102 cm³/mol. The Bertz CT molecular complexity index is 922. The Kier molecular flexibility index (Phi) is 4.22. The smallest absolute Gasteiger partial charge is 0.257 e. The molecule has 0 aliphatic heterocycles. The highest BCUT2D eigenvalue weighted by atomic mass is 79.9. The van der Waals surface area contributed by atoms with E-state index in [1.165, 1.54) is 0 Å². The third kappa shape index (κ3) is 3.08. The van der Waals surface area contributed by atoms with Gasteiger partial charge in [-0.3, -0.25) is 4.79 Å². The lowest BCUT2D eigenvalue weighted by Gasteiger charge is -2.21. The van der Waals surface area contributed by atoms with Gasteiger partial charge in [0.1, 0.15) is 5.65 Å². The third-order valence-corrected chi connectivity index (χ3v) is 4.84. The van der Waals surface area contributed by atoms with Gasteiger partial charge in [-0.05, 0) is 63.6 Å². The van der Waals surface area contributed by atoms with Crippen molar-refractivity contribution in [3.05, 3.63) is 58.3 Å². The second kappa shape index (κ2) is 6.06. The first-order valence-corrected chi connectivity index (χ1v) is 8.61. The Balaban J connectivity index is 2.02. The maximum Gasteiger partial charge on any atom is 0.257 e. The Labute approximate surface area is 150 Å². The van der Waals surface area contributed by atoms with Crippen molar-refractivity contribution in [3.8, 4) is 0 Å². The normalized spacial score (nSPS) is 11.7. The molecule has 0 bridgehead atoms. The summed E-state index contributed by atoms with van der Waals surface area (Å²) in [5, 5.41) is 3.84. The highest BCUT2D eigenvalue weighted by Gasteiger charge is 2.22. The van der Waals surface area contributed by atoms with E-state index in [9.17, 15) is 4.79 Å². The van der Waals surface area contributed by atoms with Gasteiger partial charge in [0.15, 0.2) is 0 Å². The lowest BCUT2D eigenvalue weighted by atomic mass is 10.1. The van der Waals surface area contributed by atoms with Crippen LogP contribution in [-0.2, 0) is 5.54 Å². The number of aromatic nitrogens is 2. The topological polar surface area (TPSA) is 46.9 Å². The van der Waals surface area contributed by atoms with Crippen LogP contribution in [0.25, 0.3) is 11.0 Å². The molecule has 0 saturated heterocycles. The molecule has 2 aromatic heterocycles. The second-order valence-corrected chi connectivity index (χ2v) is 7.73. The van der Waals surface area contributed by atoms with Crippen LogP contribution >= 0.6 is 15.9 Å². The summed E-state index contributed by atoms with van der Waals surface area (Å²) in [5.74, 6) is -0.127. The first kappa shape index (κ1) is 16.7. The van der Waals surface area contributed by atoms with Crippen molar-refractivity contribution in [1.82, 2.24) is 9.55 Å². The number of aryl methyl sites for hydroxylation is 1. The molecule has 2 heterocycles. The van der Waals surface area contributed by atoms with Crippen molar-refractivity contribution in [2.75, 3.05) is 5.32 Å². The number of carbonyl (C=O) groups is 1. The zero-order valence-electron chi connectivity index (χ0n) is 14.2. The summed E-state index contributed by atoms with van der Waals surface area (Å²) in [7, 11) is 0. The van der Waals surface area contributed by atoms with Gasteiger partial charge in [-0.15, -0.1) is 0 Å². The number of nitrogens with zero attached hydrogens (tertiary/aromatic N) is 2. The number of fused-ring (bicyclic) bond motifs is 1. The van der Waals surface area contributed by atoms with Crippen molar-refractivity contribution in [1.29, 1.82) is 0 Å². The summed E-state index contributed by atoms with van der Waals surface area (Å²) in [6.45, 7) is 8.29. The molecule has 24 heavy (non-hydrogen) atoms. The molecule has 3 rings (SSSR count). The largest absolute Gasteiger partial charge is 0.326 e. The van der Waals surface area contributed by atoms with E-state index < -0.39 is 0 Å². The molecule has 0 saturated carbocycles. The van der Waals surface area contributed by atoms with E-state index in [1.54, 1.807) is 6.20 Å². The number of hydrogen-bond acceptors (Lipinski definition) is 2. The van der Waals surface area contributed by atoms with Crippen molar-refractivity contribution >= 4 is 38.6 Å². The zero-order valence-corrected chi connectivity index (χ0v) is 15.8. The van der Waals surface area contributed by atoms with E-state index in [-0.39, 0.29) is 11.4 Å². The number of halogens is 1. The predicted octanol–water partition coefficient (Wildman–Crippen LogP) is 5.11. The number of pyridine rings is 1. The van der Waals surface area contributed by atoms with Crippen molar-refractivity contribution < 1.29 is 4.79 Å². The quantitative estimate of drug-likeness (QED) is 0.665. The van der Waals surface area contributed by atoms with Crippen LogP contribution in [0.5, 0.6) is 0 Å². The number of hydrogen-bond donors (Lipinski definition) is 1. The number of benzene rings is 1. The fourth-order valence-electron chi connectivity index (χ4n) is 2.67. The van der Waals surface area contributed by atoms with Crippen LogP contribution in [0, 0.1) is 6.92 Å². The number of carbonyl (C=O) groups excluding carboxylic acids is 1. The van der Waals surface area contributed by atoms with E-state index >= 15 is 0 Å². The Morgan fingerprint density at radius 1 is 1.25 bits per heavy atom. The molecule has 5 heteroatoms. The van der Waals surface area contributed by atoms with Crippen molar-refractivity contribution in [2.45, 2.75) is 33.2 Å². The lowest BCUT2D eigenvalue weighted by molar-refractivity contribution is 0.102. The van der Waals surface area contributed by atoms with Crippen LogP contribution in [0.3, 0.4) is 0 Å². The van der Waals surface area contributed by atoms with Gasteiger partial charge in [-0.25, -0.2) is 4.98 Å². The zero-order chi connectivity index (χ0) is 17.5. The standard InChI is InChI=1S/C19H20BrN3O/c1-12-10-13(7-8-16(12)20)22-18(24)15-11-23(19(2,3)4)17-14(15)6-5-9-21-17/h5-11H,1-4H3,(H,22,24). The molecular formula is C19H20BrN3O. The molecule has 0 aliphatic carbocycles. The average molecular weight is 386 g/mol. The highest BCUT2D eigenvalue weighted by molar-refractivity contribution is 9.10.